The molecule has 0 saturated carbocycles. The zero-order valence-corrected chi connectivity index (χ0v) is 17.2. The first-order valence-electron chi connectivity index (χ1n) is 9.75. The fraction of sp³-hybridized carbons (Fsp3) is 0.600. The lowest BCUT2D eigenvalue weighted by Crippen LogP contribution is -2.54. The quantitative estimate of drug-likeness (QED) is 0.171. The van der Waals surface area contributed by atoms with Crippen LogP contribution in [-0.4, -0.2) is 74.7 Å². The fourth-order valence-corrected chi connectivity index (χ4v) is 2.36. The van der Waals surface area contributed by atoms with Crippen molar-refractivity contribution in [3.05, 3.63) is 0 Å². The van der Waals surface area contributed by atoms with Crippen LogP contribution in [0.5, 0.6) is 0 Å². The summed E-state index contributed by atoms with van der Waals surface area (Å²) in [6, 6.07) is 0. The molecule has 166 valence electrons. The second-order valence-electron chi connectivity index (χ2n) is 5.83. The van der Waals surface area contributed by atoms with E-state index in [0.717, 1.165) is 27.7 Å². The van der Waals surface area contributed by atoms with Crippen LogP contribution in [0.2, 0.25) is 0 Å². The summed E-state index contributed by atoms with van der Waals surface area (Å²) in [6.07, 6.45) is -1.74. The van der Waals surface area contributed by atoms with Gasteiger partial charge in [0.1, 0.15) is 16.0 Å². The summed E-state index contributed by atoms with van der Waals surface area (Å²) in [5.74, 6) is 1.54. The topological polar surface area (TPSA) is 124 Å². The zero-order chi connectivity index (χ0) is 24.5. The molecule has 0 aliphatic rings. The molecule has 0 saturated heterocycles. The predicted octanol–water partition coefficient (Wildman–Crippen LogP) is 0.0128. The van der Waals surface area contributed by atoms with Gasteiger partial charge in [-0.3, -0.25) is 19.2 Å². The van der Waals surface area contributed by atoms with E-state index in [9.17, 15) is 19.2 Å². The van der Waals surface area contributed by atoms with Crippen LogP contribution in [-0.2, 0) is 47.6 Å². The molecule has 0 aliphatic carbocycles. The van der Waals surface area contributed by atoms with Gasteiger partial charge in [0.25, 0.3) is 0 Å². The van der Waals surface area contributed by atoms with Gasteiger partial charge in [0.2, 0.25) is 0 Å². The van der Waals surface area contributed by atoms with Gasteiger partial charge in [-0.2, -0.15) is 0 Å². The molecular weight excluding hydrogens is 400 g/mol. The van der Waals surface area contributed by atoms with Crippen molar-refractivity contribution < 1.29 is 50.3 Å². The van der Waals surface area contributed by atoms with Crippen LogP contribution in [0.3, 0.4) is 0 Å². The molecule has 0 N–H and O–H groups in total. The monoisotopic (exact) mass is 428 g/mol. The van der Waals surface area contributed by atoms with Crippen molar-refractivity contribution in [2.45, 2.75) is 52.1 Å². The van der Waals surface area contributed by atoms with Crippen LogP contribution in [0.15, 0.2) is 0 Å². The highest BCUT2D eigenvalue weighted by atomic mass is 16.6. The molecule has 0 heterocycles. The van der Waals surface area contributed by atoms with Gasteiger partial charge in [-0.1, -0.05) is 11.8 Å². The lowest BCUT2D eigenvalue weighted by molar-refractivity contribution is -0.205. The molecule has 0 unspecified atom stereocenters. The first kappa shape index (κ1) is 23.2. The summed E-state index contributed by atoms with van der Waals surface area (Å²) in [5.41, 5.74) is 0. The molecule has 30 heavy (non-hydrogen) atoms. The van der Waals surface area contributed by atoms with E-state index in [-0.39, 0.29) is 26.4 Å². The van der Waals surface area contributed by atoms with Crippen LogP contribution < -0.4 is 0 Å². The van der Waals surface area contributed by atoms with Crippen LogP contribution in [0.4, 0.5) is 0 Å². The molecule has 0 spiro atoms. The molecular formula is C20H26O10. The van der Waals surface area contributed by atoms with Crippen LogP contribution in [0.25, 0.3) is 0 Å². The number of rotatable bonds is 13. The van der Waals surface area contributed by atoms with Gasteiger partial charge in [-0.05, 0) is 0 Å². The Morgan fingerprint density at radius 2 is 1.03 bits per heavy atom. The Bertz CT molecular complexity index is 698. The van der Waals surface area contributed by atoms with E-state index in [2.05, 4.69) is 11.8 Å². The third-order valence-electron chi connectivity index (χ3n) is 3.21. The molecule has 0 rings (SSSR count). The lowest BCUT2D eigenvalue weighted by atomic mass is 10.0. The molecule has 10 heteroatoms. The highest BCUT2D eigenvalue weighted by Gasteiger charge is 2.43. The first-order valence-corrected chi connectivity index (χ1v) is 8.75. The van der Waals surface area contributed by atoms with Gasteiger partial charge in [-0.25, -0.2) is 0 Å². The van der Waals surface area contributed by atoms with Crippen molar-refractivity contribution in [3.8, 4) is 24.6 Å². The Morgan fingerprint density at radius 3 is 1.30 bits per heavy atom. The minimum atomic E-state index is -1.46. The number of hydrogen-bond acceptors (Lipinski definition) is 10. The Morgan fingerprint density at radius 1 is 0.700 bits per heavy atom. The Kier molecular flexibility index (Phi) is 11.5. The molecule has 0 aromatic carbocycles. The SMILES string of the molecule is [2H]C#CCOC[C@@H](OC(C)=O)[C@@H](OC(C)=O)[C@H](OC(C)=O)[C@@H](COCC#C[2H])OC(C)=O. The molecule has 4 atom stereocenters. The zero-order valence-electron chi connectivity index (χ0n) is 19.2. The molecule has 0 bridgehead atoms. The van der Waals surface area contributed by atoms with E-state index < -0.39 is 48.3 Å². The van der Waals surface area contributed by atoms with E-state index in [1.54, 1.807) is 0 Å². The average molecular weight is 428 g/mol. The van der Waals surface area contributed by atoms with Gasteiger partial charge in [0.05, 0.1) is 13.2 Å². The standard InChI is InChI=1S/C20H26O10/c1-7-9-25-11-17(27-13(3)21)19(29-15(5)23)20(30-16(6)24)18(28-14(4)22)12-26-10-8-2/h1-2,17-20H,9-12H2,3-6H3/t17-,18-,19-,20-/m1/s1/i1D,2D. The minimum absolute atomic E-state index is 0.186. The van der Waals surface area contributed by atoms with Crippen molar-refractivity contribution in [2.24, 2.45) is 0 Å². The summed E-state index contributed by atoms with van der Waals surface area (Å²) >= 11 is 0. The van der Waals surface area contributed by atoms with Gasteiger partial charge < -0.3 is 28.4 Å². The Balaban J connectivity index is 6.09. The summed E-state index contributed by atoms with van der Waals surface area (Å²) in [6.45, 7) is 3.31. The fourth-order valence-electron chi connectivity index (χ4n) is 2.36. The van der Waals surface area contributed by atoms with E-state index in [4.69, 9.17) is 31.2 Å². The molecule has 0 aromatic heterocycles. The molecule has 0 radical (unpaired) electrons. The van der Waals surface area contributed by atoms with Crippen molar-refractivity contribution in [2.75, 3.05) is 26.4 Å². The maximum absolute atomic E-state index is 11.8. The number of ether oxygens (including phenoxy) is 6. The number of esters is 4. The highest BCUT2D eigenvalue weighted by Crippen LogP contribution is 2.20. The lowest BCUT2D eigenvalue weighted by Gasteiger charge is -2.35. The number of carbonyl (C=O) groups excluding carboxylic acids is 4. The predicted molar refractivity (Wildman–Crippen MR) is 102 cm³/mol. The Hall–Kier alpha value is -3.08. The summed E-state index contributed by atoms with van der Waals surface area (Å²) in [5, 5.41) is 0. The summed E-state index contributed by atoms with van der Waals surface area (Å²) < 4.78 is 45.0. The summed E-state index contributed by atoms with van der Waals surface area (Å²) in [4.78, 5) is 46.9. The number of carbonyl (C=O) groups is 4. The van der Waals surface area contributed by atoms with E-state index in [1.807, 2.05) is 12.8 Å². The smallest absolute Gasteiger partial charge is 0.303 e. The van der Waals surface area contributed by atoms with Gasteiger partial charge >= 0.3 is 23.9 Å². The third-order valence-corrected chi connectivity index (χ3v) is 3.21. The van der Waals surface area contributed by atoms with E-state index >= 15 is 0 Å². The maximum Gasteiger partial charge on any atom is 0.303 e. The van der Waals surface area contributed by atoms with E-state index in [0.29, 0.717) is 0 Å². The second-order valence-corrected chi connectivity index (χ2v) is 5.83. The molecule has 10 nitrogen and oxygen atoms in total. The molecule has 0 aliphatic heterocycles. The van der Waals surface area contributed by atoms with Crippen molar-refractivity contribution in [1.29, 1.82) is 0 Å². The molecule has 0 aromatic rings. The maximum atomic E-state index is 11.8. The minimum Gasteiger partial charge on any atom is -0.456 e. The second kappa shape index (κ2) is 14.9. The number of terminal acetylenes is 2. The summed E-state index contributed by atoms with van der Waals surface area (Å²) in [7, 11) is 0. The normalized spacial score (nSPS) is 14.5. The Labute approximate surface area is 178 Å². The molecule has 0 fully saturated rings. The largest absolute Gasteiger partial charge is 0.456 e. The molecule has 0 amide bonds. The average Bonchev–Trinajstić information content (AvgIpc) is 2.68. The van der Waals surface area contributed by atoms with E-state index in [1.165, 1.54) is 0 Å². The highest BCUT2D eigenvalue weighted by molar-refractivity contribution is 5.69. The van der Waals surface area contributed by atoms with Crippen LogP contribution in [0.1, 0.15) is 30.4 Å². The van der Waals surface area contributed by atoms with Gasteiger partial charge in [0, 0.05) is 27.7 Å². The van der Waals surface area contributed by atoms with Crippen molar-refractivity contribution in [1.82, 2.24) is 0 Å². The van der Waals surface area contributed by atoms with Gasteiger partial charge in [0.15, 0.2) is 24.4 Å². The third kappa shape index (κ3) is 11.7. The van der Waals surface area contributed by atoms with Gasteiger partial charge in [-0.15, -0.1) is 12.8 Å². The number of hydrogen-bond donors (Lipinski definition) is 0. The van der Waals surface area contributed by atoms with Crippen LogP contribution in [0, 0.1) is 24.6 Å². The van der Waals surface area contributed by atoms with Crippen molar-refractivity contribution >= 4 is 23.9 Å². The first-order chi connectivity index (χ1) is 15.1. The van der Waals surface area contributed by atoms with Crippen LogP contribution >= 0.6 is 0 Å². The van der Waals surface area contributed by atoms with Crippen molar-refractivity contribution in [3.63, 3.8) is 0 Å².